The number of nitrogen functional groups attached to an aromatic ring is 1. The number of nitrogens with two attached hydrogens (primary N) is 1. The van der Waals surface area contributed by atoms with Crippen molar-refractivity contribution in [2.75, 3.05) is 54.8 Å². The summed E-state index contributed by atoms with van der Waals surface area (Å²) in [7, 11) is 2.42. The lowest BCUT2D eigenvalue weighted by Gasteiger charge is -2.35. The molecule has 0 bridgehead atoms. The van der Waals surface area contributed by atoms with Crippen LogP contribution < -0.4 is 30.3 Å². The normalized spacial score (nSPS) is 19.4. The van der Waals surface area contributed by atoms with Crippen molar-refractivity contribution < 1.29 is 27.8 Å². The number of methoxy groups -OCH3 is 2. The number of hydrogen-bond donors (Lipinski definition) is 2. The summed E-state index contributed by atoms with van der Waals surface area (Å²) in [5, 5.41) is 3.27. The molecule has 2 aromatic heterocycles. The molecule has 40 heavy (non-hydrogen) atoms. The van der Waals surface area contributed by atoms with Gasteiger partial charge in [0.1, 0.15) is 11.5 Å². The molecular weight excluding hydrogens is 522 g/mol. The zero-order valence-corrected chi connectivity index (χ0v) is 22.5. The number of hydrogen-bond acceptors (Lipinski definition) is 9. The minimum absolute atomic E-state index is 0.0675. The summed E-state index contributed by atoms with van der Waals surface area (Å²) < 4.78 is 46.0. The Hall–Kier alpha value is -4.19. The molecule has 210 valence electrons. The van der Waals surface area contributed by atoms with Crippen molar-refractivity contribution in [1.29, 1.82) is 0 Å². The van der Waals surface area contributed by atoms with Crippen molar-refractivity contribution in [2.24, 2.45) is 0 Å². The molecule has 3 aromatic rings. The lowest BCUT2D eigenvalue weighted by molar-refractivity contribution is -0.121. The number of halogens is 2. The average Bonchev–Trinajstić information content (AvgIpc) is 3.75. The number of morpholine rings is 1. The number of carbonyl (C=O) groups is 1. The van der Waals surface area contributed by atoms with Crippen molar-refractivity contribution in [3.8, 4) is 11.8 Å². The third-order valence-electron chi connectivity index (χ3n) is 7.88. The van der Waals surface area contributed by atoms with Gasteiger partial charge in [-0.2, -0.15) is 13.8 Å². The third-order valence-corrected chi connectivity index (χ3v) is 7.88. The Bertz CT molecular complexity index is 1470. The zero-order valence-electron chi connectivity index (χ0n) is 22.5. The van der Waals surface area contributed by atoms with Crippen LogP contribution in [0.15, 0.2) is 30.5 Å². The van der Waals surface area contributed by atoms with Gasteiger partial charge >= 0.3 is 0 Å². The molecule has 0 radical (unpaired) electrons. The quantitative estimate of drug-likeness (QED) is 0.440. The maximum Gasteiger partial charge on any atom is 0.255 e. The first-order valence-electron chi connectivity index (χ1n) is 13.1. The summed E-state index contributed by atoms with van der Waals surface area (Å²) in [6.07, 6.45) is 2.73. The third kappa shape index (κ3) is 4.14. The number of pyridine rings is 2. The van der Waals surface area contributed by atoms with Crippen molar-refractivity contribution in [2.45, 2.75) is 37.8 Å². The molecule has 1 saturated carbocycles. The number of ether oxygens (including phenoxy) is 3. The molecule has 1 spiro atoms. The van der Waals surface area contributed by atoms with Gasteiger partial charge in [-0.3, -0.25) is 4.79 Å². The highest BCUT2D eigenvalue weighted by Gasteiger charge is 2.57. The highest BCUT2D eigenvalue weighted by molar-refractivity contribution is 6.05. The van der Waals surface area contributed by atoms with Crippen LogP contribution in [0.3, 0.4) is 0 Å². The Labute approximate surface area is 230 Å². The summed E-state index contributed by atoms with van der Waals surface area (Å²) in [4.78, 5) is 25.3. The number of aromatic nitrogens is 2. The van der Waals surface area contributed by atoms with E-state index in [9.17, 15) is 4.79 Å². The van der Waals surface area contributed by atoms with Crippen LogP contribution >= 0.6 is 0 Å². The Kier molecular flexibility index (Phi) is 6.37. The van der Waals surface area contributed by atoms with Crippen molar-refractivity contribution in [3.63, 3.8) is 0 Å². The van der Waals surface area contributed by atoms with E-state index in [1.165, 1.54) is 14.2 Å². The monoisotopic (exact) mass is 552 g/mol. The van der Waals surface area contributed by atoms with Crippen LogP contribution in [-0.4, -0.2) is 55.9 Å². The molecule has 1 aliphatic carbocycles. The van der Waals surface area contributed by atoms with E-state index in [0.717, 1.165) is 22.7 Å². The van der Waals surface area contributed by atoms with E-state index < -0.39 is 40.4 Å². The van der Waals surface area contributed by atoms with E-state index in [1.807, 2.05) is 24.3 Å². The number of nitrogens with zero attached hydrogens (tertiary/aromatic N) is 4. The summed E-state index contributed by atoms with van der Waals surface area (Å²) in [6, 6.07) is 7.91. The van der Waals surface area contributed by atoms with Crippen LogP contribution in [0.2, 0.25) is 0 Å². The highest BCUT2D eigenvalue weighted by Crippen LogP contribution is 2.55. The van der Waals surface area contributed by atoms with Gasteiger partial charge in [0.25, 0.3) is 11.8 Å². The van der Waals surface area contributed by atoms with Crippen molar-refractivity contribution in [1.82, 2.24) is 9.97 Å². The van der Waals surface area contributed by atoms with Crippen LogP contribution in [0.4, 0.5) is 37.3 Å². The molecule has 2 aliphatic heterocycles. The second-order valence-corrected chi connectivity index (χ2v) is 10.3. The summed E-state index contributed by atoms with van der Waals surface area (Å²) >= 11 is 0. The predicted molar refractivity (Wildman–Crippen MR) is 145 cm³/mol. The minimum Gasteiger partial charge on any atom is -0.479 e. The molecule has 1 atom stereocenters. The summed E-state index contributed by atoms with van der Waals surface area (Å²) in [6.45, 7) is 4.17. The number of benzene rings is 1. The van der Waals surface area contributed by atoms with E-state index in [4.69, 9.17) is 19.9 Å². The molecule has 4 heterocycles. The van der Waals surface area contributed by atoms with Gasteiger partial charge in [-0.1, -0.05) is 0 Å². The molecule has 1 saturated heterocycles. The number of carbonyl (C=O) groups excluding carboxylic acids is 1. The fourth-order valence-electron chi connectivity index (χ4n) is 5.62. The second-order valence-electron chi connectivity index (χ2n) is 10.3. The van der Waals surface area contributed by atoms with Crippen LogP contribution in [0.5, 0.6) is 11.8 Å². The van der Waals surface area contributed by atoms with Crippen LogP contribution in [0.1, 0.15) is 30.9 Å². The van der Waals surface area contributed by atoms with Crippen LogP contribution in [0, 0.1) is 11.6 Å². The molecule has 3 aliphatic rings. The minimum atomic E-state index is -1.06. The lowest BCUT2D eigenvalue weighted by Crippen LogP contribution is -2.45. The first-order chi connectivity index (χ1) is 19.3. The van der Waals surface area contributed by atoms with E-state index in [1.54, 1.807) is 6.20 Å². The highest BCUT2D eigenvalue weighted by atomic mass is 19.1. The molecule has 10 nitrogen and oxygen atoms in total. The molecule has 3 N–H and O–H groups in total. The van der Waals surface area contributed by atoms with E-state index in [-0.39, 0.29) is 12.6 Å². The molecule has 6 rings (SSSR count). The molecule has 1 aromatic carbocycles. The van der Waals surface area contributed by atoms with Gasteiger partial charge in [-0.15, -0.1) is 0 Å². The molecule has 2 fully saturated rings. The van der Waals surface area contributed by atoms with Gasteiger partial charge in [0.2, 0.25) is 17.5 Å². The van der Waals surface area contributed by atoms with Gasteiger partial charge in [0, 0.05) is 24.5 Å². The predicted octanol–water partition coefficient (Wildman–Crippen LogP) is 3.90. The van der Waals surface area contributed by atoms with Crippen LogP contribution in [-0.2, 0) is 21.5 Å². The standard InChI is InChI=1S/C28H30F2N6O4/c1-15-14-40-9-8-35(15)17-4-5-20(19(31)10-17)33-21-11-18-16(12-32-21)13-36(27(37)28(18)6-7-28)24-22(29)25(38-2)34-26(39-3)23(24)30/h4-5,10-12,15H,6-9,13-14,31H2,1-3H3,(H,32,33). The average molecular weight is 553 g/mol. The molecule has 1 unspecified atom stereocenters. The Morgan fingerprint density at radius 2 is 1.88 bits per heavy atom. The van der Waals surface area contributed by atoms with E-state index in [0.29, 0.717) is 48.8 Å². The number of rotatable bonds is 6. The number of amides is 1. The maximum atomic E-state index is 15.2. The topological polar surface area (TPSA) is 115 Å². The summed E-state index contributed by atoms with van der Waals surface area (Å²) in [5.74, 6) is -2.92. The van der Waals surface area contributed by atoms with Gasteiger partial charge in [-0.25, -0.2) is 4.98 Å². The fourth-order valence-corrected chi connectivity index (χ4v) is 5.62. The largest absolute Gasteiger partial charge is 0.479 e. The Balaban J connectivity index is 1.30. The Morgan fingerprint density at radius 3 is 2.50 bits per heavy atom. The van der Waals surface area contributed by atoms with Gasteiger partial charge in [-0.05, 0) is 55.2 Å². The first-order valence-corrected chi connectivity index (χ1v) is 13.1. The number of anilines is 5. The molecule has 12 heteroatoms. The zero-order chi connectivity index (χ0) is 28.2. The van der Waals surface area contributed by atoms with E-state index in [2.05, 4.69) is 27.1 Å². The number of nitrogens with one attached hydrogen (secondary N) is 1. The maximum absolute atomic E-state index is 15.2. The lowest BCUT2D eigenvalue weighted by atomic mass is 9.86. The fraction of sp³-hybridized carbons (Fsp3) is 0.393. The van der Waals surface area contributed by atoms with Crippen LogP contribution in [0.25, 0.3) is 0 Å². The SMILES string of the molecule is COc1nc(OC)c(F)c(N2Cc3cnc(Nc4ccc(N5CCOCC5C)cc4N)cc3C3(CC3)C2=O)c1F. The smallest absolute Gasteiger partial charge is 0.255 e. The second kappa shape index (κ2) is 9.77. The van der Waals surface area contributed by atoms with Gasteiger partial charge < -0.3 is 35.1 Å². The van der Waals surface area contributed by atoms with Gasteiger partial charge in [0.05, 0.1) is 50.8 Å². The van der Waals surface area contributed by atoms with E-state index >= 15 is 8.78 Å². The van der Waals surface area contributed by atoms with Crippen molar-refractivity contribution in [3.05, 3.63) is 53.2 Å². The van der Waals surface area contributed by atoms with Crippen molar-refractivity contribution >= 4 is 34.5 Å². The molecular formula is C28H30F2N6O4. The summed E-state index contributed by atoms with van der Waals surface area (Å²) in [5.41, 5.74) is 8.71. The first kappa shape index (κ1) is 26.1. The van der Waals surface area contributed by atoms with Gasteiger partial charge in [0.15, 0.2) is 0 Å². The molecule has 1 amide bonds. The number of fused-ring (bicyclic) bond motifs is 2. The Morgan fingerprint density at radius 1 is 1.15 bits per heavy atom.